The van der Waals surface area contributed by atoms with Crippen molar-refractivity contribution >= 4 is 6.29 Å². The maximum Gasteiger partial charge on any atom is 0.170 e. The molecule has 1 aromatic heterocycles. The highest BCUT2D eigenvalue weighted by Gasteiger charge is 2.24. The second kappa shape index (κ2) is 3.77. The summed E-state index contributed by atoms with van der Waals surface area (Å²) in [5, 5.41) is 0. The number of aromatic nitrogens is 2. The predicted octanol–water partition coefficient (Wildman–Crippen LogP) is 0.880. The quantitative estimate of drug-likeness (QED) is 0.676. The molecular weight excluding hydrogens is 190 g/mol. The Hall–Kier alpha value is -1.16. The van der Waals surface area contributed by atoms with Crippen LogP contribution in [0.15, 0.2) is 0 Å². The van der Waals surface area contributed by atoms with Crippen molar-refractivity contribution in [1.29, 1.82) is 0 Å². The normalized spacial score (nSPS) is 20.4. The zero-order valence-corrected chi connectivity index (χ0v) is 9.53. The molecule has 1 aliphatic heterocycles. The van der Waals surface area contributed by atoms with E-state index in [9.17, 15) is 4.79 Å². The summed E-state index contributed by atoms with van der Waals surface area (Å²) in [6, 6.07) is 0.535. The molecule has 0 fully saturated rings. The molecule has 15 heavy (non-hydrogen) atoms. The summed E-state index contributed by atoms with van der Waals surface area (Å²) in [5.41, 5.74) is 1.73. The minimum Gasteiger partial charge on any atom is -0.331 e. The van der Waals surface area contributed by atoms with Crippen LogP contribution in [0.25, 0.3) is 0 Å². The first-order valence-electron chi connectivity index (χ1n) is 5.31. The maximum absolute atomic E-state index is 10.9. The van der Waals surface area contributed by atoms with Gasteiger partial charge in [-0.25, -0.2) is 4.98 Å². The third-order valence-corrected chi connectivity index (χ3v) is 3.25. The summed E-state index contributed by atoms with van der Waals surface area (Å²) >= 11 is 0. The molecule has 0 saturated heterocycles. The smallest absolute Gasteiger partial charge is 0.170 e. The Bertz CT molecular complexity index is 381. The molecule has 0 saturated carbocycles. The molecule has 1 atom stereocenters. The number of aldehydes is 1. The summed E-state index contributed by atoms with van der Waals surface area (Å²) in [6.45, 7) is 2.94. The van der Waals surface area contributed by atoms with E-state index in [0.29, 0.717) is 11.7 Å². The highest BCUT2D eigenvalue weighted by molar-refractivity contribution is 5.74. The van der Waals surface area contributed by atoms with Crippen LogP contribution < -0.4 is 0 Å². The lowest BCUT2D eigenvalue weighted by Gasteiger charge is -2.29. The Morgan fingerprint density at radius 3 is 2.87 bits per heavy atom. The lowest BCUT2D eigenvalue weighted by Crippen LogP contribution is -2.35. The monoisotopic (exact) mass is 207 g/mol. The topological polar surface area (TPSA) is 38.1 Å². The number of aryl methyl sites for hydroxylation is 1. The van der Waals surface area contributed by atoms with Crippen molar-refractivity contribution in [3.05, 3.63) is 17.2 Å². The third kappa shape index (κ3) is 1.69. The highest BCUT2D eigenvalue weighted by atomic mass is 16.1. The van der Waals surface area contributed by atoms with E-state index in [-0.39, 0.29) is 0 Å². The molecule has 2 rings (SSSR count). The number of nitrogens with zero attached hydrogens (tertiary/aromatic N) is 3. The highest BCUT2D eigenvalue weighted by Crippen LogP contribution is 2.21. The molecule has 0 spiro atoms. The van der Waals surface area contributed by atoms with E-state index in [0.717, 1.165) is 37.2 Å². The van der Waals surface area contributed by atoms with Crippen molar-refractivity contribution in [2.75, 3.05) is 14.1 Å². The van der Waals surface area contributed by atoms with Gasteiger partial charge in [-0.2, -0.15) is 0 Å². The van der Waals surface area contributed by atoms with Crippen molar-refractivity contribution in [2.24, 2.45) is 0 Å². The van der Waals surface area contributed by atoms with Crippen molar-refractivity contribution < 1.29 is 4.79 Å². The van der Waals surface area contributed by atoms with Gasteiger partial charge in [-0.15, -0.1) is 0 Å². The van der Waals surface area contributed by atoms with Crippen LogP contribution in [-0.2, 0) is 13.0 Å². The zero-order valence-electron chi connectivity index (χ0n) is 9.53. The van der Waals surface area contributed by atoms with Crippen LogP contribution in [0.3, 0.4) is 0 Å². The van der Waals surface area contributed by atoms with E-state index in [2.05, 4.69) is 28.5 Å². The van der Waals surface area contributed by atoms with E-state index in [4.69, 9.17) is 0 Å². The van der Waals surface area contributed by atoms with E-state index in [1.165, 1.54) is 0 Å². The third-order valence-electron chi connectivity index (χ3n) is 3.25. The number of carbonyl (C=O) groups excluding carboxylic acids is 1. The summed E-state index contributed by atoms with van der Waals surface area (Å²) < 4.78 is 2.17. The zero-order chi connectivity index (χ0) is 11.0. The first kappa shape index (κ1) is 10.4. The molecular formula is C11H17N3O. The van der Waals surface area contributed by atoms with Gasteiger partial charge in [0.05, 0.1) is 0 Å². The minimum atomic E-state index is 0.535. The van der Waals surface area contributed by atoms with Gasteiger partial charge < -0.3 is 9.47 Å². The SMILES string of the molecule is Cc1nc(C=O)c2n1CCC(N(C)C)C2. The van der Waals surface area contributed by atoms with Crippen LogP contribution in [0.2, 0.25) is 0 Å². The number of imidazole rings is 1. The number of fused-ring (bicyclic) bond motifs is 1. The van der Waals surface area contributed by atoms with Crippen molar-refractivity contribution in [2.45, 2.75) is 32.4 Å². The Morgan fingerprint density at radius 2 is 2.27 bits per heavy atom. The van der Waals surface area contributed by atoms with Crippen LogP contribution in [0.4, 0.5) is 0 Å². The van der Waals surface area contributed by atoms with Gasteiger partial charge in [0, 0.05) is 24.7 Å². The number of hydrogen-bond acceptors (Lipinski definition) is 3. The van der Waals surface area contributed by atoms with Gasteiger partial charge in [0.2, 0.25) is 0 Å². The fourth-order valence-corrected chi connectivity index (χ4v) is 2.28. The minimum absolute atomic E-state index is 0.535. The lowest BCUT2D eigenvalue weighted by atomic mass is 10.0. The molecule has 4 heteroatoms. The van der Waals surface area contributed by atoms with Gasteiger partial charge >= 0.3 is 0 Å². The van der Waals surface area contributed by atoms with Crippen LogP contribution in [0, 0.1) is 6.92 Å². The van der Waals surface area contributed by atoms with Gasteiger partial charge in [-0.3, -0.25) is 4.79 Å². The van der Waals surface area contributed by atoms with E-state index < -0.39 is 0 Å². The van der Waals surface area contributed by atoms with Gasteiger partial charge in [0.1, 0.15) is 11.5 Å². The lowest BCUT2D eigenvalue weighted by molar-refractivity contribution is 0.111. The molecule has 1 aromatic rings. The molecule has 82 valence electrons. The Balaban J connectivity index is 2.35. The molecule has 0 bridgehead atoms. The summed E-state index contributed by atoms with van der Waals surface area (Å²) in [5.74, 6) is 0.962. The van der Waals surface area contributed by atoms with Gasteiger partial charge in [0.15, 0.2) is 6.29 Å². The molecule has 0 N–H and O–H groups in total. The Labute approximate surface area is 89.9 Å². The molecule has 0 aromatic carbocycles. The molecule has 1 unspecified atom stereocenters. The second-order valence-electron chi connectivity index (χ2n) is 4.37. The molecule has 0 amide bonds. The summed E-state index contributed by atoms with van der Waals surface area (Å²) in [7, 11) is 4.17. The first-order chi connectivity index (χ1) is 7.13. The number of carbonyl (C=O) groups is 1. The average molecular weight is 207 g/mol. The summed E-state index contributed by atoms with van der Waals surface area (Å²) in [4.78, 5) is 17.4. The van der Waals surface area contributed by atoms with E-state index in [1.54, 1.807) is 0 Å². The maximum atomic E-state index is 10.9. The largest absolute Gasteiger partial charge is 0.331 e. The van der Waals surface area contributed by atoms with Gasteiger partial charge in [-0.1, -0.05) is 0 Å². The van der Waals surface area contributed by atoms with Crippen LogP contribution in [0.1, 0.15) is 28.4 Å². The Kier molecular flexibility index (Phi) is 2.61. The molecule has 2 heterocycles. The fraction of sp³-hybridized carbons (Fsp3) is 0.636. The molecule has 0 radical (unpaired) electrons. The van der Waals surface area contributed by atoms with Crippen molar-refractivity contribution in [3.8, 4) is 0 Å². The predicted molar refractivity (Wildman–Crippen MR) is 58.1 cm³/mol. The second-order valence-corrected chi connectivity index (χ2v) is 4.37. The summed E-state index contributed by atoms with van der Waals surface area (Å²) in [6.07, 6.45) is 2.94. The van der Waals surface area contributed by atoms with Crippen molar-refractivity contribution in [3.63, 3.8) is 0 Å². The average Bonchev–Trinajstić information content (AvgIpc) is 2.55. The number of likely N-dealkylation sites (N-methyl/N-ethyl adjacent to an activating group) is 1. The Morgan fingerprint density at radius 1 is 1.53 bits per heavy atom. The standard InChI is InChI=1S/C11H17N3O/c1-8-12-10(7-15)11-6-9(13(2)3)4-5-14(8)11/h7,9H,4-6H2,1-3H3. The molecule has 0 aliphatic carbocycles. The van der Waals surface area contributed by atoms with E-state index >= 15 is 0 Å². The van der Waals surface area contributed by atoms with E-state index in [1.807, 2.05) is 6.92 Å². The van der Waals surface area contributed by atoms with Gasteiger partial charge in [-0.05, 0) is 27.4 Å². The van der Waals surface area contributed by atoms with Crippen LogP contribution in [0.5, 0.6) is 0 Å². The van der Waals surface area contributed by atoms with Crippen molar-refractivity contribution in [1.82, 2.24) is 14.5 Å². The number of hydrogen-bond donors (Lipinski definition) is 0. The van der Waals surface area contributed by atoms with Crippen LogP contribution in [-0.4, -0.2) is 40.9 Å². The van der Waals surface area contributed by atoms with Crippen LogP contribution >= 0.6 is 0 Å². The first-order valence-corrected chi connectivity index (χ1v) is 5.31. The molecule has 4 nitrogen and oxygen atoms in total. The van der Waals surface area contributed by atoms with Gasteiger partial charge in [0.25, 0.3) is 0 Å². The molecule has 1 aliphatic rings. The number of rotatable bonds is 2. The fourth-order valence-electron chi connectivity index (χ4n) is 2.28.